The van der Waals surface area contributed by atoms with Gasteiger partial charge < -0.3 is 0 Å². The zero-order chi connectivity index (χ0) is 22.6. The molecule has 0 aromatic rings. The lowest BCUT2D eigenvalue weighted by atomic mass is 9.75. The van der Waals surface area contributed by atoms with Crippen LogP contribution in [0, 0.1) is 23.7 Å². The molecule has 0 spiro atoms. The summed E-state index contributed by atoms with van der Waals surface area (Å²) in [6, 6.07) is 0. The molecule has 2 aliphatic carbocycles. The minimum absolute atomic E-state index is 0.970. The van der Waals surface area contributed by atoms with Crippen molar-refractivity contribution in [2.45, 2.75) is 144 Å². The first-order valence-electron chi connectivity index (χ1n) is 13.7. The Kier molecular flexibility index (Phi) is 20.0. The Balaban J connectivity index is 0.000000491. The third kappa shape index (κ3) is 15.3. The van der Waals surface area contributed by atoms with Crippen LogP contribution in [0.2, 0.25) is 0 Å². The summed E-state index contributed by atoms with van der Waals surface area (Å²) in [6.07, 6.45) is 26.8. The Morgan fingerprint density at radius 1 is 0.700 bits per heavy atom. The fraction of sp³-hybridized carbons (Fsp3) is 0.867. The zero-order valence-electron chi connectivity index (χ0n) is 21.8. The summed E-state index contributed by atoms with van der Waals surface area (Å²) in [4.78, 5) is 0. The van der Waals surface area contributed by atoms with Gasteiger partial charge in [0.25, 0.3) is 0 Å². The number of hydrogen-bond donors (Lipinski definition) is 0. The molecule has 2 saturated carbocycles. The van der Waals surface area contributed by atoms with E-state index in [4.69, 9.17) is 0 Å². The van der Waals surface area contributed by atoms with Crippen LogP contribution in [0.3, 0.4) is 0 Å². The molecule has 0 aromatic carbocycles. The first-order chi connectivity index (χ1) is 14.5. The van der Waals surface area contributed by atoms with Crippen molar-refractivity contribution in [1.29, 1.82) is 0 Å². The van der Waals surface area contributed by atoms with E-state index in [1.807, 2.05) is 13.8 Å². The predicted octanol–water partition coefficient (Wildman–Crippen LogP) is 10.9. The van der Waals surface area contributed by atoms with E-state index in [0.29, 0.717) is 0 Å². The molecule has 0 amide bonds. The first kappa shape index (κ1) is 29.5. The lowest BCUT2D eigenvalue weighted by Gasteiger charge is -2.31. The third-order valence-corrected chi connectivity index (χ3v) is 7.21. The van der Waals surface area contributed by atoms with Crippen molar-refractivity contribution < 1.29 is 0 Å². The largest absolute Gasteiger partial charge is 0.103 e. The van der Waals surface area contributed by atoms with E-state index in [1.54, 1.807) is 0 Å². The molecule has 4 atom stereocenters. The monoisotopic (exact) mass is 418 g/mol. The summed E-state index contributed by atoms with van der Waals surface area (Å²) < 4.78 is 0. The summed E-state index contributed by atoms with van der Waals surface area (Å²) in [7, 11) is 0. The Bertz CT molecular complexity index is 387. The van der Waals surface area contributed by atoms with Gasteiger partial charge in [-0.3, -0.25) is 0 Å². The van der Waals surface area contributed by atoms with E-state index in [9.17, 15) is 0 Å². The van der Waals surface area contributed by atoms with Crippen molar-refractivity contribution in [3.8, 4) is 0 Å². The molecule has 0 aliphatic heterocycles. The number of hydrogen-bond acceptors (Lipinski definition) is 0. The molecule has 0 aromatic heterocycles. The van der Waals surface area contributed by atoms with Gasteiger partial charge in [0.15, 0.2) is 0 Å². The van der Waals surface area contributed by atoms with Crippen LogP contribution in [0.1, 0.15) is 144 Å². The van der Waals surface area contributed by atoms with Crippen molar-refractivity contribution in [2.75, 3.05) is 0 Å². The lowest BCUT2D eigenvalue weighted by molar-refractivity contribution is 0.216. The van der Waals surface area contributed by atoms with Crippen molar-refractivity contribution in [1.82, 2.24) is 0 Å². The molecule has 0 radical (unpaired) electrons. The van der Waals surface area contributed by atoms with Gasteiger partial charge in [-0.05, 0) is 50.4 Å². The van der Waals surface area contributed by atoms with Crippen molar-refractivity contribution in [3.63, 3.8) is 0 Å². The SMILES string of the molecule is C=C(C)C.C=CCC1CCCCC1CCCCCC.CCCC1CCCCC1CC. The average molecular weight is 419 g/mol. The molecule has 178 valence electrons. The number of rotatable bonds is 10. The second kappa shape index (κ2) is 20.4. The van der Waals surface area contributed by atoms with Gasteiger partial charge in [0, 0.05) is 0 Å². The molecule has 2 rings (SSSR count). The van der Waals surface area contributed by atoms with Crippen LogP contribution in [0.25, 0.3) is 0 Å². The van der Waals surface area contributed by atoms with Crippen LogP contribution in [0.5, 0.6) is 0 Å². The van der Waals surface area contributed by atoms with Crippen LogP contribution in [-0.2, 0) is 0 Å². The van der Waals surface area contributed by atoms with Crippen LogP contribution >= 0.6 is 0 Å². The fourth-order valence-corrected chi connectivity index (χ4v) is 5.59. The van der Waals surface area contributed by atoms with E-state index in [2.05, 4.69) is 40.0 Å². The van der Waals surface area contributed by atoms with Crippen LogP contribution in [-0.4, -0.2) is 0 Å². The highest BCUT2D eigenvalue weighted by atomic mass is 14.3. The average Bonchev–Trinajstić information content (AvgIpc) is 2.73. The lowest BCUT2D eigenvalue weighted by Crippen LogP contribution is -2.18. The summed E-state index contributed by atoms with van der Waals surface area (Å²) in [6.45, 7) is 18.4. The molecule has 0 N–H and O–H groups in total. The highest BCUT2D eigenvalue weighted by Gasteiger charge is 2.23. The van der Waals surface area contributed by atoms with Gasteiger partial charge in [-0.1, -0.05) is 129 Å². The molecule has 0 bridgehead atoms. The molecule has 4 unspecified atom stereocenters. The zero-order valence-corrected chi connectivity index (χ0v) is 21.8. The van der Waals surface area contributed by atoms with Gasteiger partial charge >= 0.3 is 0 Å². The van der Waals surface area contributed by atoms with Crippen molar-refractivity contribution >= 4 is 0 Å². The van der Waals surface area contributed by atoms with E-state index in [1.165, 1.54) is 115 Å². The predicted molar refractivity (Wildman–Crippen MR) is 140 cm³/mol. The van der Waals surface area contributed by atoms with Gasteiger partial charge in [0.2, 0.25) is 0 Å². The second-order valence-electron chi connectivity index (χ2n) is 10.4. The van der Waals surface area contributed by atoms with Crippen molar-refractivity contribution in [2.24, 2.45) is 23.7 Å². The molecule has 0 heterocycles. The van der Waals surface area contributed by atoms with Gasteiger partial charge in [0.1, 0.15) is 0 Å². The van der Waals surface area contributed by atoms with Gasteiger partial charge in [0.05, 0.1) is 0 Å². The Morgan fingerprint density at radius 3 is 1.67 bits per heavy atom. The van der Waals surface area contributed by atoms with E-state index >= 15 is 0 Å². The number of unbranched alkanes of at least 4 members (excludes halogenated alkanes) is 3. The Labute approximate surface area is 192 Å². The summed E-state index contributed by atoms with van der Waals surface area (Å²) in [5.41, 5.74) is 1.17. The second-order valence-corrected chi connectivity index (χ2v) is 10.4. The molecule has 0 saturated heterocycles. The molecule has 0 nitrogen and oxygen atoms in total. The maximum atomic E-state index is 3.90. The summed E-state index contributed by atoms with van der Waals surface area (Å²) in [5.74, 6) is 4.15. The molecule has 2 fully saturated rings. The van der Waals surface area contributed by atoms with Gasteiger partial charge in [-0.15, -0.1) is 13.2 Å². The quantitative estimate of drug-likeness (QED) is 0.244. The van der Waals surface area contributed by atoms with E-state index in [-0.39, 0.29) is 0 Å². The molecular formula is C30H58. The standard InChI is InChI=1S/C15H28.C11H22.C4H8/c1-3-5-6-7-11-15-13-9-8-12-14(15)10-4-2;1-3-7-11-9-6-5-8-10(11)4-2;1-4(2)3/h4,14-15H,2-3,5-13H2,1H3;10-11H,3-9H2,1-2H3;1H2,2-3H3. The molecule has 0 heteroatoms. The molecule has 2 aliphatic rings. The highest BCUT2D eigenvalue weighted by Crippen LogP contribution is 2.36. The first-order valence-corrected chi connectivity index (χ1v) is 13.7. The minimum Gasteiger partial charge on any atom is -0.103 e. The fourth-order valence-electron chi connectivity index (χ4n) is 5.59. The molecular weight excluding hydrogens is 360 g/mol. The summed E-state index contributed by atoms with van der Waals surface area (Å²) >= 11 is 0. The highest BCUT2D eigenvalue weighted by molar-refractivity contribution is 4.81. The van der Waals surface area contributed by atoms with Crippen molar-refractivity contribution in [3.05, 3.63) is 24.8 Å². The topological polar surface area (TPSA) is 0 Å². The van der Waals surface area contributed by atoms with Crippen LogP contribution < -0.4 is 0 Å². The number of allylic oxidation sites excluding steroid dienone is 2. The Hall–Kier alpha value is -0.520. The summed E-state index contributed by atoms with van der Waals surface area (Å²) in [5, 5.41) is 0. The maximum absolute atomic E-state index is 3.90. The Morgan fingerprint density at radius 2 is 1.20 bits per heavy atom. The van der Waals surface area contributed by atoms with E-state index in [0.717, 1.165) is 23.7 Å². The smallest absolute Gasteiger partial charge is 0.0322 e. The van der Waals surface area contributed by atoms with Crippen LogP contribution in [0.4, 0.5) is 0 Å². The van der Waals surface area contributed by atoms with Gasteiger partial charge in [-0.2, -0.15) is 0 Å². The normalized spacial score (nSPS) is 25.9. The minimum atomic E-state index is 0.970. The van der Waals surface area contributed by atoms with Crippen LogP contribution in [0.15, 0.2) is 24.8 Å². The third-order valence-electron chi connectivity index (χ3n) is 7.21. The maximum Gasteiger partial charge on any atom is -0.0322 e. The van der Waals surface area contributed by atoms with Gasteiger partial charge in [-0.25, -0.2) is 0 Å². The molecule has 30 heavy (non-hydrogen) atoms. The van der Waals surface area contributed by atoms with E-state index < -0.39 is 0 Å².